The maximum Gasteiger partial charge on any atom is 0.312 e. The van der Waals surface area contributed by atoms with Gasteiger partial charge in [0.05, 0.1) is 5.41 Å². The summed E-state index contributed by atoms with van der Waals surface area (Å²) in [4.78, 5) is 14.5. The molecular weight excluding hydrogens is 672 g/mol. The van der Waals surface area contributed by atoms with E-state index in [2.05, 4.69) is 70.5 Å². The van der Waals surface area contributed by atoms with Gasteiger partial charge in [-0.3, -0.25) is 9.00 Å². The number of rotatable bonds is 9. The van der Waals surface area contributed by atoms with Crippen molar-refractivity contribution in [3.05, 3.63) is 35.5 Å². The number of alkyl halides is 1. The van der Waals surface area contributed by atoms with Crippen molar-refractivity contribution in [2.24, 2.45) is 56.7 Å². The minimum absolute atomic E-state index is 0.0136. The number of hydrogen-bond donors (Lipinski definition) is 2. The van der Waals surface area contributed by atoms with Gasteiger partial charge < -0.3 is 19.9 Å². The molecule has 0 aromatic rings. The van der Waals surface area contributed by atoms with Crippen molar-refractivity contribution in [3.8, 4) is 0 Å². The van der Waals surface area contributed by atoms with Gasteiger partial charge in [-0.1, -0.05) is 70.0 Å². The maximum absolute atomic E-state index is 14.0. The highest BCUT2D eigenvalue weighted by Crippen LogP contribution is 2.76. The van der Waals surface area contributed by atoms with E-state index in [0.29, 0.717) is 42.4 Å². The van der Waals surface area contributed by atoms with Crippen molar-refractivity contribution in [1.29, 1.82) is 0 Å². The van der Waals surface area contributed by atoms with Crippen LogP contribution in [0.4, 0.5) is 4.39 Å². The lowest BCUT2D eigenvalue weighted by atomic mass is 9.33. The van der Waals surface area contributed by atoms with Gasteiger partial charge >= 0.3 is 5.97 Å². The summed E-state index contributed by atoms with van der Waals surface area (Å²) in [6, 6.07) is 0. The Morgan fingerprint density at radius 1 is 0.962 bits per heavy atom. The second-order valence-corrected chi connectivity index (χ2v) is 21.5. The second kappa shape index (κ2) is 13.7. The van der Waals surface area contributed by atoms with Crippen LogP contribution < -0.4 is 5.32 Å². The molecule has 1 heterocycles. The zero-order chi connectivity index (χ0) is 37.5. The minimum atomic E-state index is -1.95. The Morgan fingerprint density at radius 2 is 1.69 bits per heavy atom. The van der Waals surface area contributed by atoms with Gasteiger partial charge in [0.2, 0.25) is 0 Å². The predicted octanol–water partition coefficient (Wildman–Crippen LogP) is 9.02. The lowest BCUT2D eigenvalue weighted by molar-refractivity contribution is -0.221. The molecule has 1 aliphatic heterocycles. The number of likely N-dealkylation sites (tertiary alicyclic amines) is 1. The van der Waals surface area contributed by atoms with Crippen LogP contribution in [-0.4, -0.2) is 68.4 Å². The molecule has 0 aromatic carbocycles. The molecule has 7 aliphatic rings. The van der Waals surface area contributed by atoms with E-state index < -0.39 is 29.1 Å². The van der Waals surface area contributed by atoms with Crippen molar-refractivity contribution in [3.63, 3.8) is 0 Å². The first-order chi connectivity index (χ1) is 24.5. The molecule has 7 rings (SSSR count). The summed E-state index contributed by atoms with van der Waals surface area (Å²) in [5, 5.41) is 13.9. The van der Waals surface area contributed by atoms with E-state index in [1.54, 1.807) is 0 Å². The van der Waals surface area contributed by atoms with E-state index in [1.165, 1.54) is 68.1 Å². The standard InChI is InChI=1S/C44H69FN2O4S/c1-29(2)32-12-21-44(46-24-27-47-25-15-31(16-26-47)52(50)51)23-22-41(6)34(37(32)44)8-9-36-40(5)17-13-33(39(3,4)35(40)14-18-42(36,41)7)30-10-19-43(28-45,20-11-30)38(48)49/h10,13,31-32,34-37,46H,1,8-9,11-12,14-28H2,2-7H3,(H,48,49)(H,50,51)/p-1/t32?,34-,35+,36-,37-,40+,41-,42-,43+,44+/m1/s1. The van der Waals surface area contributed by atoms with Crippen LogP contribution in [-0.2, 0) is 15.9 Å². The normalized spacial score (nSPS) is 45.4. The Hall–Kier alpha value is -1.35. The van der Waals surface area contributed by atoms with Gasteiger partial charge in [0.15, 0.2) is 0 Å². The maximum atomic E-state index is 14.0. The van der Waals surface area contributed by atoms with Crippen LogP contribution >= 0.6 is 0 Å². The highest BCUT2D eigenvalue weighted by molar-refractivity contribution is 7.79. The molecule has 6 nitrogen and oxygen atoms in total. The summed E-state index contributed by atoms with van der Waals surface area (Å²) in [6.07, 6.45) is 18.6. The zero-order valence-electron chi connectivity index (χ0n) is 33.2. The van der Waals surface area contributed by atoms with Crippen molar-refractivity contribution < 1.29 is 23.1 Å². The summed E-state index contributed by atoms with van der Waals surface area (Å²) >= 11 is -1.95. The van der Waals surface area contributed by atoms with Gasteiger partial charge in [-0.25, -0.2) is 4.39 Å². The molecule has 11 atom stereocenters. The average molecular weight is 740 g/mol. The topological polar surface area (TPSA) is 92.7 Å². The fraction of sp³-hybridized carbons (Fsp3) is 0.841. The average Bonchev–Trinajstić information content (AvgIpc) is 3.49. The molecule has 2 unspecified atom stereocenters. The number of carbonyl (C=O) groups is 1. The molecule has 1 saturated heterocycles. The molecular formula is C44H68FN2O4S-. The molecule has 0 aromatic heterocycles. The molecule has 0 spiro atoms. The predicted molar refractivity (Wildman–Crippen MR) is 207 cm³/mol. The van der Waals surface area contributed by atoms with E-state index >= 15 is 0 Å². The van der Waals surface area contributed by atoms with Gasteiger partial charge in [0.25, 0.3) is 0 Å². The van der Waals surface area contributed by atoms with E-state index in [0.717, 1.165) is 45.4 Å². The lowest BCUT2D eigenvalue weighted by Gasteiger charge is -2.72. The van der Waals surface area contributed by atoms with Crippen molar-refractivity contribution in [2.45, 2.75) is 142 Å². The number of aliphatic carboxylic acids is 1. The SMILES string of the molecule is C=C(C)C1CC[C@]2(NCCN3CCC(S(=O)[O-])CC3)CC[C@]3(C)[C@H](CC[C@@H]4[C@@]5(C)CC=C(C6=CC[C@](CF)(C(=O)O)CC6)C(C)(C)[C@@H]5CC[C@]43C)[C@@H]12. The van der Waals surface area contributed by atoms with E-state index in [9.17, 15) is 23.1 Å². The number of nitrogens with one attached hydrogen (secondary N) is 1. The van der Waals surface area contributed by atoms with Gasteiger partial charge in [-0.15, -0.1) is 0 Å². The Kier molecular flexibility index (Phi) is 10.2. The number of fused-ring (bicyclic) bond motifs is 7. The third kappa shape index (κ3) is 5.83. The van der Waals surface area contributed by atoms with Gasteiger partial charge in [-0.2, -0.15) is 0 Å². The van der Waals surface area contributed by atoms with Gasteiger partial charge in [-0.05, 0) is 172 Å². The highest BCUT2D eigenvalue weighted by Gasteiger charge is 2.70. The molecule has 0 bridgehead atoms. The van der Waals surface area contributed by atoms with Crippen LogP contribution in [0.1, 0.15) is 131 Å². The van der Waals surface area contributed by atoms with Gasteiger partial charge in [0.1, 0.15) is 6.67 Å². The summed E-state index contributed by atoms with van der Waals surface area (Å²) in [6.45, 7) is 22.7. The number of piperidine rings is 1. The summed E-state index contributed by atoms with van der Waals surface area (Å²) in [5.41, 5.74) is 3.66. The number of carboxylic acids is 1. The number of carboxylic acid groups (broad SMARTS) is 1. The van der Waals surface area contributed by atoms with E-state index in [-0.39, 0.29) is 38.9 Å². The molecule has 6 aliphatic carbocycles. The monoisotopic (exact) mass is 739 g/mol. The first-order valence-corrected chi connectivity index (χ1v) is 22.0. The van der Waals surface area contributed by atoms with Gasteiger partial charge in [0, 0.05) is 23.9 Å². The van der Waals surface area contributed by atoms with Crippen LogP contribution in [0.5, 0.6) is 0 Å². The molecule has 4 saturated carbocycles. The summed E-state index contributed by atoms with van der Waals surface area (Å²) in [7, 11) is 0. The number of allylic oxidation sites excluding steroid dienone is 5. The molecule has 0 amide bonds. The van der Waals surface area contributed by atoms with Crippen molar-refractivity contribution in [1.82, 2.24) is 10.2 Å². The third-order valence-electron chi connectivity index (χ3n) is 18.0. The molecule has 0 radical (unpaired) electrons. The Bertz CT molecular complexity index is 1520. The quantitative estimate of drug-likeness (QED) is 0.181. The first-order valence-electron chi connectivity index (χ1n) is 20.9. The third-order valence-corrected chi connectivity index (χ3v) is 19.0. The van der Waals surface area contributed by atoms with Crippen molar-refractivity contribution >= 4 is 17.0 Å². The first kappa shape index (κ1) is 38.9. The van der Waals surface area contributed by atoms with Crippen LogP contribution in [0.3, 0.4) is 0 Å². The molecule has 2 N–H and O–H groups in total. The van der Waals surface area contributed by atoms with Crippen molar-refractivity contribution in [2.75, 3.05) is 32.9 Å². The van der Waals surface area contributed by atoms with Crippen LogP contribution in [0, 0.1) is 56.7 Å². The molecule has 5 fully saturated rings. The highest BCUT2D eigenvalue weighted by atomic mass is 32.2. The van der Waals surface area contributed by atoms with E-state index in [4.69, 9.17) is 0 Å². The Balaban J connectivity index is 1.11. The summed E-state index contributed by atoms with van der Waals surface area (Å²) < 4.78 is 37.0. The fourth-order valence-corrected chi connectivity index (χ4v) is 15.5. The Morgan fingerprint density at radius 3 is 2.31 bits per heavy atom. The molecule has 8 heteroatoms. The largest absolute Gasteiger partial charge is 0.772 e. The number of nitrogens with zero attached hydrogens (tertiary/aromatic N) is 1. The zero-order valence-corrected chi connectivity index (χ0v) is 34.0. The lowest BCUT2D eigenvalue weighted by Crippen LogP contribution is -2.68. The van der Waals surface area contributed by atoms with Crippen LogP contribution in [0.15, 0.2) is 35.5 Å². The van der Waals surface area contributed by atoms with Crippen LogP contribution in [0.25, 0.3) is 0 Å². The van der Waals surface area contributed by atoms with E-state index in [1.807, 2.05) is 0 Å². The summed E-state index contributed by atoms with van der Waals surface area (Å²) in [5.74, 6) is 2.05. The minimum Gasteiger partial charge on any atom is -0.772 e. The molecule has 52 heavy (non-hydrogen) atoms. The number of halogens is 1. The number of hydrogen-bond acceptors (Lipinski definition) is 5. The smallest absolute Gasteiger partial charge is 0.312 e. The molecule has 292 valence electrons. The fourth-order valence-electron chi connectivity index (χ4n) is 14.9. The second-order valence-electron chi connectivity index (χ2n) is 20.3. The Labute approximate surface area is 316 Å². The van der Waals surface area contributed by atoms with Crippen LogP contribution in [0.2, 0.25) is 0 Å².